The molecule has 1 aromatic carbocycles. The van der Waals surface area contributed by atoms with Gasteiger partial charge in [0.1, 0.15) is 11.4 Å². The smallest absolute Gasteiger partial charge is 0.526 e. The number of ketones is 1. The molecule has 3 heterocycles. The van der Waals surface area contributed by atoms with Gasteiger partial charge in [-0.25, -0.2) is 9.78 Å². The number of carboxylic acid groups (broad SMARTS) is 1. The maximum atomic E-state index is 13.2. The van der Waals surface area contributed by atoms with Crippen LogP contribution in [-0.2, 0) is 20.8 Å². The lowest BCUT2D eigenvalue weighted by molar-refractivity contribution is -0.136. The highest BCUT2D eigenvalue weighted by atomic mass is 32.1. The van der Waals surface area contributed by atoms with Gasteiger partial charge in [0.05, 0.1) is 5.56 Å². The quantitative estimate of drug-likeness (QED) is 0.219. The van der Waals surface area contributed by atoms with Gasteiger partial charge in [0.2, 0.25) is 0 Å². The van der Waals surface area contributed by atoms with Crippen LogP contribution in [0, 0.1) is 0 Å². The van der Waals surface area contributed by atoms with Gasteiger partial charge < -0.3 is 35.6 Å². The Hall–Kier alpha value is -3.49. The normalized spacial score (nSPS) is 18.0. The Morgan fingerprint density at radius 1 is 1.34 bits per heavy atom. The molecule has 2 aliphatic rings. The van der Waals surface area contributed by atoms with Crippen LogP contribution in [0.2, 0.25) is 5.82 Å². The first-order chi connectivity index (χ1) is 16.8. The monoisotopic (exact) mass is 501 g/mol. The summed E-state index contributed by atoms with van der Waals surface area (Å²) in [6.07, 6.45) is 0.0431. The zero-order valence-corrected chi connectivity index (χ0v) is 19.5. The zero-order chi connectivity index (χ0) is 24.9. The van der Waals surface area contributed by atoms with E-state index in [1.807, 2.05) is 0 Å². The molecule has 2 aromatic rings. The summed E-state index contributed by atoms with van der Waals surface area (Å²) in [5.41, 5.74) is 6.30. The van der Waals surface area contributed by atoms with Crippen LogP contribution in [-0.4, -0.2) is 83.3 Å². The number of thiazole rings is 1. The molecule has 2 aliphatic heterocycles. The van der Waals surface area contributed by atoms with E-state index in [4.69, 9.17) is 15.2 Å². The summed E-state index contributed by atoms with van der Waals surface area (Å²) in [6.45, 7) is 2.17. The Morgan fingerprint density at radius 2 is 2.11 bits per heavy atom. The van der Waals surface area contributed by atoms with Gasteiger partial charge in [-0.05, 0) is 18.1 Å². The van der Waals surface area contributed by atoms with E-state index in [0.717, 1.165) is 11.3 Å². The molecule has 35 heavy (non-hydrogen) atoms. The number of anilines is 1. The molecule has 1 amide bonds. The van der Waals surface area contributed by atoms with Crippen molar-refractivity contribution >= 4 is 47.0 Å². The molecule has 0 aliphatic carbocycles. The van der Waals surface area contributed by atoms with Crippen LogP contribution in [0.4, 0.5) is 5.13 Å². The van der Waals surface area contributed by atoms with Crippen LogP contribution >= 0.6 is 11.3 Å². The van der Waals surface area contributed by atoms with E-state index in [1.165, 1.54) is 6.07 Å². The second-order valence-corrected chi connectivity index (χ2v) is 9.00. The highest BCUT2D eigenvalue weighted by Gasteiger charge is 2.39. The first-order valence-electron chi connectivity index (χ1n) is 11.0. The topological polar surface area (TPSA) is 177 Å². The summed E-state index contributed by atoms with van der Waals surface area (Å²) in [5, 5.41) is 28.7. The van der Waals surface area contributed by atoms with Crippen LogP contribution in [0.5, 0.6) is 5.75 Å². The average molecular weight is 501 g/mol. The number of carbonyl (C=O) groups excluding carboxylic acids is 2. The van der Waals surface area contributed by atoms with E-state index in [-0.39, 0.29) is 53.2 Å². The lowest BCUT2D eigenvalue weighted by Crippen LogP contribution is -2.47. The van der Waals surface area contributed by atoms with Crippen molar-refractivity contribution in [2.75, 3.05) is 38.5 Å². The fraction of sp³-hybridized carbons (Fsp3) is 0.381. The SMILES string of the molecule is Nc1nc(/C(=N/OCC(=O)N2CCNCC2)C(=O)C[C@H]2Cc3cccc(C(=O)O)c3OB2O)cs1. The number of oxime groups is 1. The minimum atomic E-state index is -1.40. The number of rotatable bonds is 8. The first kappa shape index (κ1) is 24.6. The Labute approximate surface area is 204 Å². The fourth-order valence-corrected chi connectivity index (χ4v) is 4.50. The van der Waals surface area contributed by atoms with E-state index in [9.17, 15) is 24.5 Å². The molecule has 12 nitrogen and oxygen atoms in total. The minimum Gasteiger partial charge on any atom is -0.535 e. The molecule has 0 bridgehead atoms. The molecule has 4 rings (SSSR count). The number of carboxylic acids is 1. The summed E-state index contributed by atoms with van der Waals surface area (Å²) in [5.74, 6) is -2.49. The van der Waals surface area contributed by atoms with E-state index in [1.54, 1.807) is 22.4 Å². The van der Waals surface area contributed by atoms with Gasteiger partial charge in [-0.3, -0.25) is 9.59 Å². The molecule has 184 valence electrons. The molecule has 1 aromatic heterocycles. The van der Waals surface area contributed by atoms with E-state index in [2.05, 4.69) is 15.5 Å². The molecule has 0 radical (unpaired) electrons. The van der Waals surface area contributed by atoms with E-state index in [0.29, 0.717) is 31.7 Å². The van der Waals surface area contributed by atoms with Crippen LogP contribution in [0.3, 0.4) is 0 Å². The lowest BCUT2D eigenvalue weighted by atomic mass is 9.64. The van der Waals surface area contributed by atoms with Gasteiger partial charge in [0, 0.05) is 43.8 Å². The number of Topliss-reactive ketones (excluding diaryl/α,β-unsaturated/α-hetero) is 1. The predicted molar refractivity (Wildman–Crippen MR) is 128 cm³/mol. The van der Waals surface area contributed by atoms with Crippen molar-refractivity contribution in [1.29, 1.82) is 0 Å². The summed E-state index contributed by atoms with van der Waals surface area (Å²) < 4.78 is 5.47. The van der Waals surface area contributed by atoms with E-state index >= 15 is 0 Å². The first-order valence-corrected chi connectivity index (χ1v) is 11.8. The summed E-state index contributed by atoms with van der Waals surface area (Å²) >= 11 is 1.12. The minimum absolute atomic E-state index is 0.0610. The van der Waals surface area contributed by atoms with Gasteiger partial charge in [0.25, 0.3) is 5.91 Å². The predicted octanol–water partition coefficient (Wildman–Crippen LogP) is 0.0210. The number of carbonyl (C=O) groups is 3. The largest absolute Gasteiger partial charge is 0.535 e. The second-order valence-electron chi connectivity index (χ2n) is 8.11. The molecule has 0 saturated carbocycles. The number of aromatic carboxylic acids is 1. The standard InChI is InChI=1S/C21H24BN5O7S/c23-21-25-15(11-35-21)18(26-33-10-17(29)27-6-4-24-5-7-27)16(28)9-13-8-12-2-1-3-14(20(30)31)19(12)34-22(13)32/h1-3,11,13,24,32H,4-10H2,(H2,23,25)(H,30,31)/b26-18-/t13-/m1/s1. The molecular weight excluding hydrogens is 477 g/mol. The summed E-state index contributed by atoms with van der Waals surface area (Å²) in [7, 11) is -1.40. The molecule has 0 spiro atoms. The third-order valence-electron chi connectivity index (χ3n) is 5.74. The Balaban J connectivity index is 1.47. The van der Waals surface area contributed by atoms with Crippen LogP contribution in [0.25, 0.3) is 0 Å². The van der Waals surface area contributed by atoms with Gasteiger partial charge >= 0.3 is 13.1 Å². The van der Waals surface area contributed by atoms with Gasteiger partial charge in [-0.2, -0.15) is 0 Å². The molecule has 1 saturated heterocycles. The summed E-state index contributed by atoms with van der Waals surface area (Å²) in [6, 6.07) is 4.65. The van der Waals surface area contributed by atoms with Gasteiger partial charge in [-0.15, -0.1) is 11.3 Å². The number of nitrogen functional groups attached to an aromatic ring is 1. The number of nitrogens with zero attached hydrogens (tertiary/aromatic N) is 3. The number of hydrogen-bond donors (Lipinski definition) is 4. The van der Waals surface area contributed by atoms with Crippen LogP contribution < -0.4 is 15.7 Å². The third-order valence-corrected chi connectivity index (χ3v) is 6.41. The Morgan fingerprint density at radius 3 is 2.80 bits per heavy atom. The van der Waals surface area contributed by atoms with E-state index < -0.39 is 24.7 Å². The number of fused-ring (bicyclic) bond motifs is 1. The van der Waals surface area contributed by atoms with Crippen LogP contribution in [0.1, 0.15) is 28.0 Å². The number of piperazine rings is 1. The molecular formula is C21H24BN5O7S. The number of nitrogens with one attached hydrogen (secondary N) is 1. The van der Waals surface area contributed by atoms with Crippen molar-refractivity contribution in [3.63, 3.8) is 0 Å². The van der Waals surface area contributed by atoms with Crippen LogP contribution in [0.15, 0.2) is 28.7 Å². The number of hydrogen-bond acceptors (Lipinski definition) is 11. The second kappa shape index (κ2) is 10.8. The Bertz CT molecular complexity index is 1150. The van der Waals surface area contributed by atoms with Crippen molar-refractivity contribution in [3.8, 4) is 5.75 Å². The van der Waals surface area contributed by atoms with Gasteiger partial charge in [0.15, 0.2) is 23.2 Å². The molecule has 0 unspecified atom stereocenters. The fourth-order valence-electron chi connectivity index (χ4n) is 3.96. The zero-order valence-electron chi connectivity index (χ0n) is 18.7. The Kier molecular flexibility index (Phi) is 7.63. The molecule has 1 atom stereocenters. The molecule has 5 N–H and O–H groups in total. The van der Waals surface area contributed by atoms with Crippen molar-refractivity contribution in [2.45, 2.75) is 18.7 Å². The average Bonchev–Trinajstić information content (AvgIpc) is 3.27. The van der Waals surface area contributed by atoms with Crippen molar-refractivity contribution in [3.05, 3.63) is 40.4 Å². The van der Waals surface area contributed by atoms with Crippen molar-refractivity contribution in [2.24, 2.45) is 5.16 Å². The van der Waals surface area contributed by atoms with Crippen molar-refractivity contribution in [1.82, 2.24) is 15.2 Å². The number of para-hydroxylation sites is 1. The highest BCUT2D eigenvalue weighted by Crippen LogP contribution is 2.36. The summed E-state index contributed by atoms with van der Waals surface area (Å²) in [4.78, 5) is 47.9. The number of benzene rings is 1. The highest BCUT2D eigenvalue weighted by molar-refractivity contribution is 7.13. The third kappa shape index (κ3) is 5.78. The van der Waals surface area contributed by atoms with Crippen molar-refractivity contribution < 1.29 is 34.0 Å². The lowest BCUT2D eigenvalue weighted by Gasteiger charge is -2.28. The molecule has 14 heteroatoms. The number of aromatic nitrogens is 1. The number of amides is 1. The maximum Gasteiger partial charge on any atom is 0.526 e. The number of nitrogens with two attached hydrogens (primary N) is 1. The molecule has 1 fully saturated rings. The van der Waals surface area contributed by atoms with Gasteiger partial charge in [-0.1, -0.05) is 17.3 Å². The maximum absolute atomic E-state index is 13.2.